The molecule has 3 aliphatic heterocycles. The number of benzene rings is 1. The smallest absolute Gasteiger partial charge is 0.410 e. The number of rotatable bonds is 4. The van der Waals surface area contributed by atoms with Gasteiger partial charge in [0, 0.05) is 42.2 Å². The Balaban J connectivity index is 1.26. The van der Waals surface area contributed by atoms with Gasteiger partial charge in [0.05, 0.1) is 24.0 Å². The van der Waals surface area contributed by atoms with Crippen molar-refractivity contribution in [3.05, 3.63) is 63.9 Å². The van der Waals surface area contributed by atoms with Crippen molar-refractivity contribution < 1.29 is 18.3 Å². The summed E-state index contributed by atoms with van der Waals surface area (Å²) in [5.74, 6) is 0.481. The molecule has 0 bridgehead atoms. The Morgan fingerprint density at radius 3 is 2.54 bits per heavy atom. The van der Waals surface area contributed by atoms with Gasteiger partial charge in [0.25, 0.3) is 0 Å². The third-order valence-electron chi connectivity index (χ3n) is 9.31. The van der Waals surface area contributed by atoms with Gasteiger partial charge in [-0.2, -0.15) is 0 Å². The largest absolute Gasteiger partial charge is 0.449 e. The number of amides is 1. The number of oxazole rings is 1. The molecule has 2 fully saturated rings. The van der Waals surface area contributed by atoms with Crippen LogP contribution in [-0.4, -0.2) is 71.2 Å². The number of nitrogens with zero attached hydrogens (tertiary/aromatic N) is 5. The topological polar surface area (TPSA) is 122 Å². The van der Waals surface area contributed by atoms with E-state index >= 15 is 4.39 Å². The van der Waals surface area contributed by atoms with Crippen molar-refractivity contribution in [2.24, 2.45) is 10.4 Å². The second-order valence-electron chi connectivity index (χ2n) is 13.7. The Bertz CT molecular complexity index is 1700. The van der Waals surface area contributed by atoms with E-state index in [2.05, 4.69) is 9.88 Å². The molecular weight excluding hydrogens is 605 g/mol. The molecule has 10 nitrogen and oxygen atoms in total. The highest BCUT2D eigenvalue weighted by Gasteiger charge is 2.43. The monoisotopic (exact) mass is 647 g/mol. The third kappa shape index (κ3) is 6.06. The predicted octanol–water partition coefficient (Wildman–Crippen LogP) is 6.96. The van der Waals surface area contributed by atoms with Crippen LogP contribution in [0, 0.1) is 35.9 Å². The molecule has 0 radical (unpaired) electrons. The summed E-state index contributed by atoms with van der Waals surface area (Å²) in [6, 6.07) is 4.62. The SMILES string of the molecule is CC(=N)N1C(=N)C(Cc2ncco2)N=C(c2ccc(N3CCC4(CCN(C(=O)OC(C)(C)C)C4)CC3)c(F)c2)c2c1sc(C)c2C. The maximum absolute atomic E-state index is 16.1. The molecule has 1 amide bonds. The van der Waals surface area contributed by atoms with E-state index in [0.29, 0.717) is 49.0 Å². The Morgan fingerprint density at radius 2 is 1.91 bits per heavy atom. The zero-order valence-electron chi connectivity index (χ0n) is 27.4. The average Bonchev–Trinajstić information content (AvgIpc) is 3.70. The van der Waals surface area contributed by atoms with Crippen molar-refractivity contribution in [2.45, 2.75) is 78.9 Å². The molecular formula is C34H42FN7O3S. The number of aliphatic imine (C=N–C) groups is 1. The van der Waals surface area contributed by atoms with Crippen molar-refractivity contribution in [3.8, 4) is 0 Å². The average molecular weight is 648 g/mol. The molecule has 2 aromatic heterocycles. The van der Waals surface area contributed by atoms with E-state index in [1.807, 2.05) is 51.7 Å². The first-order valence-corrected chi connectivity index (χ1v) is 16.6. The molecule has 1 unspecified atom stereocenters. The van der Waals surface area contributed by atoms with Gasteiger partial charge >= 0.3 is 6.09 Å². The quantitative estimate of drug-likeness (QED) is 0.233. The number of hydrogen-bond acceptors (Lipinski definition) is 9. The van der Waals surface area contributed by atoms with E-state index in [-0.39, 0.29) is 35.4 Å². The lowest BCUT2D eigenvalue weighted by molar-refractivity contribution is 0.0266. The molecule has 2 saturated heterocycles. The van der Waals surface area contributed by atoms with Crippen LogP contribution in [0.25, 0.3) is 0 Å². The van der Waals surface area contributed by atoms with Crippen molar-refractivity contribution >= 4 is 45.5 Å². The molecule has 0 aliphatic carbocycles. The van der Waals surface area contributed by atoms with E-state index in [1.165, 1.54) is 17.6 Å². The molecule has 6 rings (SSSR count). The maximum Gasteiger partial charge on any atom is 0.410 e. The molecule has 1 atom stereocenters. The molecule has 5 heterocycles. The van der Waals surface area contributed by atoms with Crippen molar-refractivity contribution in [3.63, 3.8) is 0 Å². The second-order valence-corrected chi connectivity index (χ2v) is 14.9. The molecule has 46 heavy (non-hydrogen) atoms. The summed E-state index contributed by atoms with van der Waals surface area (Å²) in [4.78, 5) is 28.6. The second kappa shape index (κ2) is 11.9. The molecule has 12 heteroatoms. The number of amidine groups is 2. The number of aryl methyl sites for hydroxylation is 1. The number of anilines is 2. The van der Waals surface area contributed by atoms with Gasteiger partial charge in [-0.05, 0) is 83.9 Å². The number of carbonyl (C=O) groups is 1. The Morgan fingerprint density at radius 1 is 1.20 bits per heavy atom. The third-order valence-corrected chi connectivity index (χ3v) is 10.5. The van der Waals surface area contributed by atoms with E-state index in [0.717, 1.165) is 40.3 Å². The van der Waals surface area contributed by atoms with Crippen molar-refractivity contribution in [2.75, 3.05) is 36.0 Å². The Kier molecular flexibility index (Phi) is 8.28. The lowest BCUT2D eigenvalue weighted by atomic mass is 9.77. The predicted molar refractivity (Wildman–Crippen MR) is 180 cm³/mol. The van der Waals surface area contributed by atoms with Gasteiger partial charge < -0.3 is 19.0 Å². The van der Waals surface area contributed by atoms with Crippen LogP contribution < -0.4 is 9.80 Å². The lowest BCUT2D eigenvalue weighted by Crippen LogP contribution is -2.43. The molecule has 0 saturated carbocycles. The fourth-order valence-electron chi connectivity index (χ4n) is 6.76. The van der Waals surface area contributed by atoms with Crippen LogP contribution in [0.15, 0.2) is 40.1 Å². The van der Waals surface area contributed by atoms with Gasteiger partial charge in [0.2, 0.25) is 0 Å². The molecule has 3 aliphatic rings. The number of fused-ring (bicyclic) bond motifs is 1. The summed E-state index contributed by atoms with van der Waals surface area (Å²) in [5, 5.41) is 18.4. The summed E-state index contributed by atoms with van der Waals surface area (Å²) in [6.07, 6.45) is 5.72. The summed E-state index contributed by atoms with van der Waals surface area (Å²) >= 11 is 1.51. The normalized spacial score (nSPS) is 19.7. The summed E-state index contributed by atoms with van der Waals surface area (Å²) in [7, 11) is 0. The van der Waals surface area contributed by atoms with Crippen molar-refractivity contribution in [1.82, 2.24) is 9.88 Å². The maximum atomic E-state index is 16.1. The van der Waals surface area contributed by atoms with Gasteiger partial charge in [-0.1, -0.05) is 6.07 Å². The van der Waals surface area contributed by atoms with Crippen LogP contribution in [0.2, 0.25) is 0 Å². The molecule has 244 valence electrons. The number of aromatic nitrogens is 1. The number of hydrogen-bond donors (Lipinski definition) is 2. The highest BCUT2D eigenvalue weighted by molar-refractivity contribution is 7.17. The first kappa shape index (κ1) is 31.9. The highest BCUT2D eigenvalue weighted by atomic mass is 32.1. The number of likely N-dealkylation sites (tertiary alicyclic amines) is 1. The number of nitrogens with one attached hydrogen (secondary N) is 2. The van der Waals surface area contributed by atoms with E-state index in [4.69, 9.17) is 25.0 Å². The molecule has 3 aromatic rings. The van der Waals surface area contributed by atoms with Crippen LogP contribution in [0.4, 0.5) is 19.9 Å². The summed E-state index contributed by atoms with van der Waals surface area (Å²) < 4.78 is 27.2. The van der Waals surface area contributed by atoms with Crippen LogP contribution in [-0.2, 0) is 11.2 Å². The summed E-state index contributed by atoms with van der Waals surface area (Å²) in [5.41, 5.74) is 3.09. The molecule has 2 N–H and O–H groups in total. The fourth-order valence-corrected chi connectivity index (χ4v) is 7.98. The number of piperidine rings is 1. The minimum atomic E-state index is -0.680. The van der Waals surface area contributed by atoms with Gasteiger partial charge in [-0.25, -0.2) is 14.2 Å². The minimum absolute atomic E-state index is 0.0326. The highest BCUT2D eigenvalue weighted by Crippen LogP contribution is 2.43. The van der Waals surface area contributed by atoms with Crippen LogP contribution in [0.3, 0.4) is 0 Å². The van der Waals surface area contributed by atoms with Gasteiger partial charge in [-0.15, -0.1) is 11.3 Å². The van der Waals surface area contributed by atoms with E-state index in [1.54, 1.807) is 24.1 Å². The zero-order chi connectivity index (χ0) is 33.0. The van der Waals surface area contributed by atoms with Gasteiger partial charge in [0.1, 0.15) is 40.4 Å². The summed E-state index contributed by atoms with van der Waals surface area (Å²) in [6.45, 7) is 14.1. The number of ether oxygens (including phenoxy) is 1. The Labute approximate surface area is 273 Å². The Hall–Kier alpha value is -4.06. The fraction of sp³-hybridized carbons (Fsp3) is 0.500. The van der Waals surface area contributed by atoms with E-state index in [9.17, 15) is 4.79 Å². The number of carbonyl (C=O) groups excluding carboxylic acids is 1. The van der Waals surface area contributed by atoms with Crippen molar-refractivity contribution in [1.29, 1.82) is 10.8 Å². The standard InChI is InChI=1S/C34H42FN7O3S/c1-20-21(2)46-31-28(20)29(39-25(18-27-38-12-16-44-27)30(37)42(31)22(3)36)23-7-8-26(24(35)17-23)40-13-9-34(10-14-40)11-15-41(19-34)32(43)45-33(4,5)6/h7-8,12,16-17,25,36-37H,9-11,13-15,18-19H2,1-6H3. The van der Waals surface area contributed by atoms with Crippen LogP contribution in [0.5, 0.6) is 0 Å². The van der Waals surface area contributed by atoms with Crippen LogP contribution >= 0.6 is 11.3 Å². The first-order chi connectivity index (χ1) is 21.7. The van der Waals surface area contributed by atoms with Crippen LogP contribution in [0.1, 0.15) is 74.4 Å². The number of thiophene rings is 1. The van der Waals surface area contributed by atoms with Gasteiger partial charge in [0.15, 0.2) is 5.89 Å². The lowest BCUT2D eigenvalue weighted by Gasteiger charge is -2.40. The minimum Gasteiger partial charge on any atom is -0.449 e. The van der Waals surface area contributed by atoms with E-state index < -0.39 is 11.6 Å². The molecule has 1 spiro atoms. The first-order valence-electron chi connectivity index (χ1n) is 15.8. The zero-order valence-corrected chi connectivity index (χ0v) is 28.2. The van der Waals surface area contributed by atoms with Gasteiger partial charge in [-0.3, -0.25) is 20.7 Å². The number of halogens is 1. The molecule has 1 aromatic carbocycles.